The first-order chi connectivity index (χ1) is 18.1. The van der Waals surface area contributed by atoms with E-state index in [9.17, 15) is 27.2 Å². The molecule has 0 saturated heterocycles. The van der Waals surface area contributed by atoms with Crippen LogP contribution in [0.5, 0.6) is 0 Å². The number of hydrogen-bond donors (Lipinski definition) is 0. The van der Waals surface area contributed by atoms with Gasteiger partial charge in [0.2, 0.25) is 5.91 Å². The molecule has 1 heterocycles. The topological polar surface area (TPSA) is 40.6 Å². The lowest BCUT2D eigenvalue weighted by Crippen LogP contribution is -2.48. The van der Waals surface area contributed by atoms with Crippen molar-refractivity contribution in [3.8, 4) is 0 Å². The highest BCUT2D eigenvalue weighted by Crippen LogP contribution is 2.31. The van der Waals surface area contributed by atoms with Gasteiger partial charge in [-0.3, -0.25) is 9.59 Å². The first-order valence-corrected chi connectivity index (χ1v) is 13.5. The highest BCUT2D eigenvalue weighted by atomic mass is 32.1. The zero-order valence-corrected chi connectivity index (χ0v) is 22.0. The van der Waals surface area contributed by atoms with E-state index in [-0.39, 0.29) is 36.4 Å². The Morgan fingerprint density at radius 2 is 1.68 bits per heavy atom. The molecule has 0 N–H and O–H groups in total. The van der Waals surface area contributed by atoms with Crippen molar-refractivity contribution in [3.05, 3.63) is 92.9 Å². The maximum Gasteiger partial charge on any atom is 0.416 e. The standard InChI is InChI=1S/C29H30F4N2O2S/c1-20-14-15-38-26(20)18-34(17-21-10-12-24(30)13-11-21)27(36)19-35(25-8-3-2-4-9-25)28(37)22-6-5-7-23(16-22)29(31,32)33/h5-7,10-16,25H,2-4,8-9,17-19H2,1H3. The summed E-state index contributed by atoms with van der Waals surface area (Å²) in [6, 6.07) is 12.0. The van der Waals surface area contributed by atoms with Crippen LogP contribution < -0.4 is 0 Å². The van der Waals surface area contributed by atoms with Gasteiger partial charge in [0.15, 0.2) is 0 Å². The molecule has 1 fully saturated rings. The number of halogens is 4. The number of carbonyl (C=O) groups is 2. The van der Waals surface area contributed by atoms with Crippen molar-refractivity contribution in [1.82, 2.24) is 9.80 Å². The molecular formula is C29H30F4N2O2S. The number of carbonyl (C=O) groups excluding carboxylic acids is 2. The van der Waals surface area contributed by atoms with Gasteiger partial charge in [-0.05, 0) is 72.7 Å². The van der Waals surface area contributed by atoms with E-state index in [1.165, 1.54) is 40.5 Å². The molecule has 3 aromatic rings. The van der Waals surface area contributed by atoms with E-state index in [1.807, 2.05) is 18.4 Å². The third-order valence-electron chi connectivity index (χ3n) is 6.96. The van der Waals surface area contributed by atoms with Crippen molar-refractivity contribution in [1.29, 1.82) is 0 Å². The van der Waals surface area contributed by atoms with Gasteiger partial charge in [0.25, 0.3) is 5.91 Å². The van der Waals surface area contributed by atoms with Crippen LogP contribution >= 0.6 is 11.3 Å². The van der Waals surface area contributed by atoms with Gasteiger partial charge in [0.1, 0.15) is 12.4 Å². The van der Waals surface area contributed by atoms with E-state index < -0.39 is 17.6 Å². The molecule has 0 aliphatic heterocycles. The second kappa shape index (κ2) is 12.1. The van der Waals surface area contributed by atoms with Crippen LogP contribution in [0.3, 0.4) is 0 Å². The minimum absolute atomic E-state index is 0.0858. The largest absolute Gasteiger partial charge is 0.416 e. The molecule has 9 heteroatoms. The molecule has 202 valence electrons. The summed E-state index contributed by atoms with van der Waals surface area (Å²) in [6.07, 6.45) is -0.394. The summed E-state index contributed by atoms with van der Waals surface area (Å²) in [6.45, 7) is 2.24. The average Bonchev–Trinajstić information content (AvgIpc) is 3.31. The lowest BCUT2D eigenvalue weighted by atomic mass is 9.93. The van der Waals surface area contributed by atoms with Crippen LogP contribution in [0.4, 0.5) is 17.6 Å². The highest BCUT2D eigenvalue weighted by molar-refractivity contribution is 7.10. The second-order valence-corrected chi connectivity index (χ2v) is 10.7. The number of amides is 2. The molecule has 0 atom stereocenters. The zero-order valence-electron chi connectivity index (χ0n) is 21.1. The van der Waals surface area contributed by atoms with E-state index in [0.717, 1.165) is 47.4 Å². The van der Waals surface area contributed by atoms with Crippen molar-refractivity contribution >= 4 is 23.2 Å². The fourth-order valence-corrected chi connectivity index (χ4v) is 5.70. The average molecular weight is 547 g/mol. The molecule has 2 aromatic carbocycles. The maximum absolute atomic E-state index is 13.7. The van der Waals surface area contributed by atoms with Gasteiger partial charge in [-0.2, -0.15) is 13.2 Å². The first-order valence-electron chi connectivity index (χ1n) is 12.6. The van der Waals surface area contributed by atoms with Crippen molar-refractivity contribution < 1.29 is 27.2 Å². The van der Waals surface area contributed by atoms with Gasteiger partial charge in [0, 0.05) is 23.0 Å². The second-order valence-electron chi connectivity index (χ2n) is 9.71. The Morgan fingerprint density at radius 1 is 0.974 bits per heavy atom. The van der Waals surface area contributed by atoms with Crippen molar-refractivity contribution in [2.45, 2.75) is 64.3 Å². The molecular weight excluding hydrogens is 516 g/mol. The van der Waals surface area contributed by atoms with Crippen molar-refractivity contribution in [3.63, 3.8) is 0 Å². The highest BCUT2D eigenvalue weighted by Gasteiger charge is 2.33. The van der Waals surface area contributed by atoms with Gasteiger partial charge in [-0.1, -0.05) is 37.5 Å². The normalized spacial score (nSPS) is 14.3. The molecule has 2 amide bonds. The van der Waals surface area contributed by atoms with Crippen LogP contribution in [-0.2, 0) is 24.1 Å². The third-order valence-corrected chi connectivity index (χ3v) is 7.97. The lowest BCUT2D eigenvalue weighted by molar-refractivity contribution is -0.137. The molecule has 4 rings (SSSR count). The quantitative estimate of drug-likeness (QED) is 0.280. The van der Waals surface area contributed by atoms with E-state index in [2.05, 4.69) is 0 Å². The molecule has 0 bridgehead atoms. The van der Waals surface area contributed by atoms with Crippen LogP contribution in [0.25, 0.3) is 0 Å². The van der Waals surface area contributed by atoms with E-state index in [1.54, 1.807) is 17.0 Å². The molecule has 1 aliphatic carbocycles. The zero-order chi connectivity index (χ0) is 27.3. The number of benzene rings is 2. The molecule has 0 radical (unpaired) electrons. The van der Waals surface area contributed by atoms with Crippen LogP contribution in [-0.4, -0.2) is 34.2 Å². The predicted molar refractivity (Wildman–Crippen MR) is 139 cm³/mol. The predicted octanol–water partition coefficient (Wildman–Crippen LogP) is 7.22. The van der Waals surface area contributed by atoms with Crippen molar-refractivity contribution in [2.75, 3.05) is 6.54 Å². The summed E-state index contributed by atoms with van der Waals surface area (Å²) in [5.41, 5.74) is 0.792. The van der Waals surface area contributed by atoms with Gasteiger partial charge in [-0.25, -0.2) is 4.39 Å². The number of aryl methyl sites for hydroxylation is 1. The van der Waals surface area contributed by atoms with E-state index >= 15 is 0 Å². The fourth-order valence-electron chi connectivity index (χ4n) is 4.78. The Morgan fingerprint density at radius 3 is 2.32 bits per heavy atom. The molecule has 1 saturated carbocycles. The molecule has 1 aliphatic rings. The van der Waals surface area contributed by atoms with Crippen LogP contribution in [0, 0.1) is 12.7 Å². The van der Waals surface area contributed by atoms with Gasteiger partial charge >= 0.3 is 6.18 Å². The SMILES string of the molecule is Cc1ccsc1CN(Cc1ccc(F)cc1)C(=O)CN(C(=O)c1cccc(C(F)(F)F)c1)C1CCCCC1. The lowest BCUT2D eigenvalue weighted by Gasteiger charge is -2.35. The van der Waals surface area contributed by atoms with Gasteiger partial charge in [-0.15, -0.1) is 11.3 Å². The third kappa shape index (κ3) is 7.01. The number of hydrogen-bond acceptors (Lipinski definition) is 3. The van der Waals surface area contributed by atoms with Gasteiger partial charge < -0.3 is 9.80 Å². The Hall–Kier alpha value is -3.20. The van der Waals surface area contributed by atoms with E-state index in [0.29, 0.717) is 19.4 Å². The van der Waals surface area contributed by atoms with Gasteiger partial charge in [0.05, 0.1) is 12.1 Å². The Bertz CT molecular complexity index is 1250. The number of thiophene rings is 1. The van der Waals surface area contributed by atoms with Crippen LogP contribution in [0.2, 0.25) is 0 Å². The minimum atomic E-state index is -4.58. The number of alkyl halides is 3. The number of nitrogens with zero attached hydrogens (tertiary/aromatic N) is 2. The van der Waals surface area contributed by atoms with Crippen LogP contribution in [0.1, 0.15) is 64.0 Å². The van der Waals surface area contributed by atoms with Crippen LogP contribution in [0.15, 0.2) is 60.0 Å². The monoisotopic (exact) mass is 546 g/mol. The van der Waals surface area contributed by atoms with E-state index in [4.69, 9.17) is 0 Å². The summed E-state index contributed by atoms with van der Waals surface area (Å²) in [7, 11) is 0. The summed E-state index contributed by atoms with van der Waals surface area (Å²) in [5, 5.41) is 1.94. The number of rotatable bonds is 8. The molecule has 4 nitrogen and oxygen atoms in total. The summed E-state index contributed by atoms with van der Waals surface area (Å²) in [5.74, 6) is -1.27. The minimum Gasteiger partial charge on any atom is -0.332 e. The molecule has 0 spiro atoms. The molecule has 0 unspecified atom stereocenters. The summed E-state index contributed by atoms with van der Waals surface area (Å²) in [4.78, 5) is 31.4. The summed E-state index contributed by atoms with van der Waals surface area (Å²) >= 11 is 1.52. The Labute approximate surface area is 223 Å². The smallest absolute Gasteiger partial charge is 0.332 e. The fraction of sp³-hybridized carbons (Fsp3) is 0.379. The maximum atomic E-state index is 13.7. The Kier molecular flexibility index (Phi) is 8.87. The molecule has 38 heavy (non-hydrogen) atoms. The van der Waals surface area contributed by atoms with Crippen molar-refractivity contribution in [2.24, 2.45) is 0 Å². The molecule has 1 aromatic heterocycles. The first kappa shape index (κ1) is 27.8. The Balaban J connectivity index is 1.62. The summed E-state index contributed by atoms with van der Waals surface area (Å²) < 4.78 is 53.5.